The number of nitrogens with one attached hydrogen (secondary N) is 1. The molecule has 2 aromatic carbocycles. The monoisotopic (exact) mass is 412 g/mol. The van der Waals surface area contributed by atoms with Crippen molar-refractivity contribution in [3.05, 3.63) is 87.6 Å². The minimum Gasteiger partial charge on any atom is -0.348 e. The van der Waals surface area contributed by atoms with E-state index in [1.54, 1.807) is 29.5 Å². The summed E-state index contributed by atoms with van der Waals surface area (Å²) in [6.45, 7) is 1.21. The lowest BCUT2D eigenvalue weighted by Gasteiger charge is -2.28. The van der Waals surface area contributed by atoms with Crippen LogP contribution in [-0.4, -0.2) is 25.2 Å². The van der Waals surface area contributed by atoms with Gasteiger partial charge < -0.3 is 5.32 Å². The molecule has 1 aromatic heterocycles. The molecule has 0 radical (unpaired) electrons. The molecule has 2 heterocycles. The number of hydrogen-bond acceptors (Lipinski definition) is 4. The van der Waals surface area contributed by atoms with E-state index in [2.05, 4.69) is 5.32 Å². The van der Waals surface area contributed by atoms with Gasteiger partial charge in [-0.05, 0) is 58.1 Å². The van der Waals surface area contributed by atoms with E-state index in [1.165, 1.54) is 15.9 Å². The maximum absolute atomic E-state index is 13.1. The number of rotatable bonds is 5. The topological polar surface area (TPSA) is 66.5 Å². The average Bonchev–Trinajstić information content (AvgIpc) is 3.25. The van der Waals surface area contributed by atoms with Gasteiger partial charge >= 0.3 is 0 Å². The Morgan fingerprint density at radius 3 is 2.68 bits per heavy atom. The summed E-state index contributed by atoms with van der Waals surface area (Å²) >= 11 is 1.57. The highest BCUT2D eigenvalue weighted by atomic mass is 32.2. The van der Waals surface area contributed by atoms with Gasteiger partial charge in [-0.2, -0.15) is 15.6 Å². The molecule has 1 aliphatic rings. The first-order valence-corrected chi connectivity index (χ1v) is 11.4. The molecular weight excluding hydrogens is 392 g/mol. The molecule has 3 aromatic rings. The molecule has 0 atom stereocenters. The van der Waals surface area contributed by atoms with Crippen LogP contribution < -0.4 is 5.32 Å². The Bertz CT molecular complexity index is 1090. The summed E-state index contributed by atoms with van der Waals surface area (Å²) in [4.78, 5) is 12.6. The number of benzene rings is 2. The van der Waals surface area contributed by atoms with Crippen molar-refractivity contribution in [2.75, 3.05) is 6.54 Å². The molecule has 1 aliphatic heterocycles. The van der Waals surface area contributed by atoms with Gasteiger partial charge in [0.2, 0.25) is 10.0 Å². The van der Waals surface area contributed by atoms with Crippen molar-refractivity contribution in [2.45, 2.75) is 24.4 Å². The second kappa shape index (κ2) is 7.87. The first-order valence-electron chi connectivity index (χ1n) is 9.00. The van der Waals surface area contributed by atoms with E-state index in [9.17, 15) is 13.2 Å². The van der Waals surface area contributed by atoms with E-state index in [-0.39, 0.29) is 10.8 Å². The zero-order chi connectivity index (χ0) is 19.6. The number of fused-ring (bicyclic) bond motifs is 1. The smallest absolute Gasteiger partial charge is 0.251 e. The maximum atomic E-state index is 13.1. The fourth-order valence-corrected chi connectivity index (χ4v) is 5.43. The largest absolute Gasteiger partial charge is 0.348 e. The molecule has 144 valence electrons. The second-order valence-electron chi connectivity index (χ2n) is 6.70. The number of amides is 1. The standard InChI is InChI=1S/C21H20N2O3S2/c24-21(22-13-16-9-11-27-15-16)18-6-3-7-20(12-18)28(25,26)23-10-8-17-4-1-2-5-19(17)14-23/h1-7,9,11-12,15H,8,10,13-14H2,(H,22,24). The molecule has 0 aliphatic carbocycles. The molecule has 28 heavy (non-hydrogen) atoms. The summed E-state index contributed by atoms with van der Waals surface area (Å²) in [5.41, 5.74) is 3.58. The molecule has 0 unspecified atom stereocenters. The number of carbonyl (C=O) groups excluding carboxylic acids is 1. The van der Waals surface area contributed by atoms with Crippen LogP contribution in [0.1, 0.15) is 27.0 Å². The Morgan fingerprint density at radius 2 is 1.89 bits per heavy atom. The molecule has 0 fully saturated rings. The Morgan fingerprint density at radius 1 is 1.07 bits per heavy atom. The van der Waals surface area contributed by atoms with Crippen LogP contribution in [-0.2, 0) is 29.5 Å². The Labute approximate surface area is 168 Å². The molecular formula is C21H20N2O3S2. The fraction of sp³-hybridized carbons (Fsp3) is 0.190. The fourth-order valence-electron chi connectivity index (χ4n) is 3.30. The predicted octanol–water partition coefficient (Wildman–Crippen LogP) is 3.43. The minimum atomic E-state index is -3.66. The van der Waals surface area contributed by atoms with Gasteiger partial charge in [0.25, 0.3) is 5.91 Å². The van der Waals surface area contributed by atoms with Crippen LogP contribution >= 0.6 is 11.3 Å². The average molecular weight is 413 g/mol. The van der Waals surface area contributed by atoms with Gasteiger partial charge in [-0.25, -0.2) is 8.42 Å². The van der Waals surface area contributed by atoms with Gasteiger partial charge in [0, 0.05) is 25.2 Å². The van der Waals surface area contributed by atoms with E-state index in [0.29, 0.717) is 31.6 Å². The first-order chi connectivity index (χ1) is 13.5. The third-order valence-electron chi connectivity index (χ3n) is 4.86. The van der Waals surface area contributed by atoms with E-state index in [4.69, 9.17) is 0 Å². The number of thiophene rings is 1. The Kier molecular flexibility index (Phi) is 5.30. The van der Waals surface area contributed by atoms with Crippen LogP contribution in [0.15, 0.2) is 70.3 Å². The quantitative estimate of drug-likeness (QED) is 0.698. The minimum absolute atomic E-state index is 0.148. The van der Waals surface area contributed by atoms with Crippen molar-refractivity contribution in [3.8, 4) is 0 Å². The summed E-state index contributed by atoms with van der Waals surface area (Å²) in [6, 6.07) is 16.1. The van der Waals surface area contributed by atoms with Crippen LogP contribution in [0, 0.1) is 0 Å². The van der Waals surface area contributed by atoms with Gasteiger partial charge in [0.1, 0.15) is 0 Å². The molecule has 1 amide bonds. The molecule has 4 rings (SSSR count). The van der Waals surface area contributed by atoms with Crippen molar-refractivity contribution in [1.29, 1.82) is 0 Å². The predicted molar refractivity (Wildman–Crippen MR) is 110 cm³/mol. The lowest BCUT2D eigenvalue weighted by atomic mass is 10.0. The van der Waals surface area contributed by atoms with Crippen LogP contribution in [0.5, 0.6) is 0 Å². The first kappa shape index (κ1) is 18.9. The summed E-state index contributed by atoms with van der Waals surface area (Å²) in [6.07, 6.45) is 0.691. The van der Waals surface area contributed by atoms with Crippen molar-refractivity contribution in [1.82, 2.24) is 9.62 Å². The number of carbonyl (C=O) groups is 1. The van der Waals surface area contributed by atoms with Crippen molar-refractivity contribution in [3.63, 3.8) is 0 Å². The van der Waals surface area contributed by atoms with Crippen LogP contribution in [0.2, 0.25) is 0 Å². The number of nitrogens with zero attached hydrogens (tertiary/aromatic N) is 1. The highest BCUT2D eigenvalue weighted by molar-refractivity contribution is 7.89. The zero-order valence-electron chi connectivity index (χ0n) is 15.2. The summed E-state index contributed by atoms with van der Waals surface area (Å²) in [5.74, 6) is -0.285. The van der Waals surface area contributed by atoms with E-state index in [1.807, 2.05) is 41.1 Å². The molecule has 7 heteroatoms. The normalized spacial score (nSPS) is 14.4. The molecule has 0 spiro atoms. The van der Waals surface area contributed by atoms with Crippen LogP contribution in [0.3, 0.4) is 0 Å². The molecule has 0 bridgehead atoms. The van der Waals surface area contributed by atoms with E-state index in [0.717, 1.165) is 11.1 Å². The van der Waals surface area contributed by atoms with Gasteiger partial charge in [-0.15, -0.1) is 0 Å². The van der Waals surface area contributed by atoms with Crippen LogP contribution in [0.4, 0.5) is 0 Å². The highest BCUT2D eigenvalue weighted by Gasteiger charge is 2.28. The number of sulfonamides is 1. The Hall–Kier alpha value is -2.48. The molecule has 1 N–H and O–H groups in total. The van der Waals surface area contributed by atoms with Crippen LogP contribution in [0.25, 0.3) is 0 Å². The summed E-state index contributed by atoms with van der Waals surface area (Å²) in [5, 5.41) is 6.75. The number of hydrogen-bond donors (Lipinski definition) is 1. The lowest BCUT2D eigenvalue weighted by molar-refractivity contribution is 0.0950. The van der Waals surface area contributed by atoms with E-state index >= 15 is 0 Å². The third kappa shape index (κ3) is 3.87. The second-order valence-corrected chi connectivity index (χ2v) is 9.42. The summed E-state index contributed by atoms with van der Waals surface area (Å²) in [7, 11) is -3.66. The highest BCUT2D eigenvalue weighted by Crippen LogP contribution is 2.25. The molecule has 0 saturated heterocycles. The van der Waals surface area contributed by atoms with Crippen molar-refractivity contribution < 1.29 is 13.2 Å². The molecule has 0 saturated carbocycles. The van der Waals surface area contributed by atoms with E-state index < -0.39 is 10.0 Å². The van der Waals surface area contributed by atoms with Gasteiger partial charge in [-0.1, -0.05) is 30.3 Å². The molecule has 5 nitrogen and oxygen atoms in total. The Balaban J connectivity index is 1.52. The zero-order valence-corrected chi connectivity index (χ0v) is 16.8. The third-order valence-corrected chi connectivity index (χ3v) is 7.44. The van der Waals surface area contributed by atoms with Gasteiger partial charge in [0.05, 0.1) is 4.90 Å². The lowest BCUT2D eigenvalue weighted by Crippen LogP contribution is -2.36. The van der Waals surface area contributed by atoms with Gasteiger partial charge in [0.15, 0.2) is 0 Å². The van der Waals surface area contributed by atoms with Crippen molar-refractivity contribution >= 4 is 27.3 Å². The maximum Gasteiger partial charge on any atom is 0.251 e. The SMILES string of the molecule is O=C(NCc1ccsc1)c1cccc(S(=O)(=O)N2CCc3ccccc3C2)c1. The van der Waals surface area contributed by atoms with Crippen molar-refractivity contribution in [2.24, 2.45) is 0 Å². The van der Waals surface area contributed by atoms with Gasteiger partial charge in [-0.3, -0.25) is 4.79 Å². The summed E-state index contributed by atoms with van der Waals surface area (Å²) < 4.78 is 27.7.